The number of rotatable bonds is 8. The van der Waals surface area contributed by atoms with Crippen molar-refractivity contribution in [3.63, 3.8) is 0 Å². The topological polar surface area (TPSA) is 55.8 Å². The molecule has 2 atom stereocenters. The van der Waals surface area contributed by atoms with E-state index in [0.29, 0.717) is 30.3 Å². The quantitative estimate of drug-likeness (QED) is 0.657. The van der Waals surface area contributed by atoms with Crippen LogP contribution in [0.1, 0.15) is 48.3 Å². The van der Waals surface area contributed by atoms with Gasteiger partial charge in [0.25, 0.3) is 0 Å². The lowest BCUT2D eigenvalue weighted by atomic mass is 9.82. The van der Waals surface area contributed by atoms with Gasteiger partial charge in [0.05, 0.1) is 12.7 Å². The zero-order valence-electron chi connectivity index (χ0n) is 16.2. The first-order valence-corrected chi connectivity index (χ1v) is 9.82. The second-order valence-corrected chi connectivity index (χ2v) is 7.45. The molecule has 0 aromatic heterocycles. The first-order chi connectivity index (χ1) is 13.5. The zero-order valence-corrected chi connectivity index (χ0v) is 16.2. The molecule has 150 valence electrons. The van der Waals surface area contributed by atoms with Crippen molar-refractivity contribution in [2.24, 2.45) is 0 Å². The number of hydrogen-bond donors (Lipinski definition) is 1. The van der Waals surface area contributed by atoms with E-state index in [-0.39, 0.29) is 18.5 Å². The molecule has 1 N–H and O–H groups in total. The molecular weight excluding hydrogens is 359 g/mol. The first-order valence-electron chi connectivity index (χ1n) is 9.82. The van der Waals surface area contributed by atoms with Gasteiger partial charge in [-0.05, 0) is 67.7 Å². The Labute approximate surface area is 165 Å². The lowest BCUT2D eigenvalue weighted by Crippen LogP contribution is -2.24. The van der Waals surface area contributed by atoms with E-state index < -0.39 is 5.97 Å². The molecule has 0 saturated heterocycles. The average molecular weight is 386 g/mol. The molecule has 0 heterocycles. The van der Waals surface area contributed by atoms with Crippen molar-refractivity contribution < 1.29 is 23.8 Å². The van der Waals surface area contributed by atoms with Gasteiger partial charge in [-0.1, -0.05) is 30.3 Å². The van der Waals surface area contributed by atoms with E-state index in [1.807, 2.05) is 6.07 Å². The van der Waals surface area contributed by atoms with E-state index in [1.165, 1.54) is 11.6 Å². The van der Waals surface area contributed by atoms with Gasteiger partial charge in [0.15, 0.2) is 0 Å². The number of hydrogen-bond acceptors (Lipinski definition) is 3. The van der Waals surface area contributed by atoms with Gasteiger partial charge in [-0.25, -0.2) is 9.18 Å². The van der Waals surface area contributed by atoms with E-state index in [9.17, 15) is 9.18 Å². The van der Waals surface area contributed by atoms with Crippen LogP contribution < -0.4 is 4.74 Å². The Morgan fingerprint density at radius 3 is 2.68 bits per heavy atom. The normalized spacial score (nSPS) is 19.4. The Morgan fingerprint density at radius 1 is 1.18 bits per heavy atom. The molecule has 1 fully saturated rings. The summed E-state index contributed by atoms with van der Waals surface area (Å²) in [6, 6.07) is 13.5. The van der Waals surface area contributed by atoms with Crippen molar-refractivity contribution in [2.45, 2.75) is 51.0 Å². The standard InChI is InChI=1S/C23H27FO4/c1-16-5-10-21(14-22(16)24)28-20-4-2-3-19(13-20)18-8-6-17(7-9-18)11-12-27-15-23(25)26/h5-10,14,19-20H,2-4,11-13,15H2,1H3,(H,25,26)/t19-,20+/m1/s1. The second-order valence-electron chi connectivity index (χ2n) is 7.45. The number of carbonyl (C=O) groups is 1. The van der Waals surface area contributed by atoms with Gasteiger partial charge in [0, 0.05) is 6.07 Å². The lowest BCUT2D eigenvalue weighted by Gasteiger charge is -2.30. The molecule has 0 unspecified atom stereocenters. The average Bonchev–Trinajstić information content (AvgIpc) is 2.69. The van der Waals surface area contributed by atoms with Crippen LogP contribution in [0.2, 0.25) is 0 Å². The van der Waals surface area contributed by atoms with Crippen molar-refractivity contribution in [3.05, 3.63) is 65.0 Å². The third-order valence-corrected chi connectivity index (χ3v) is 5.28. The summed E-state index contributed by atoms with van der Waals surface area (Å²) in [7, 11) is 0. The monoisotopic (exact) mass is 386 g/mol. The molecule has 0 amide bonds. The maximum atomic E-state index is 13.7. The van der Waals surface area contributed by atoms with Crippen LogP contribution in [0.25, 0.3) is 0 Å². The van der Waals surface area contributed by atoms with Crippen LogP contribution in [0.3, 0.4) is 0 Å². The van der Waals surface area contributed by atoms with Crippen LogP contribution in [0.5, 0.6) is 5.75 Å². The smallest absolute Gasteiger partial charge is 0.329 e. The molecule has 1 aliphatic rings. The highest BCUT2D eigenvalue weighted by atomic mass is 19.1. The number of aryl methyl sites for hydroxylation is 1. The molecule has 5 heteroatoms. The largest absolute Gasteiger partial charge is 0.490 e. The minimum absolute atomic E-state index is 0.102. The molecule has 0 aliphatic heterocycles. The zero-order chi connectivity index (χ0) is 19.9. The molecule has 2 aromatic carbocycles. The van der Waals surface area contributed by atoms with E-state index in [2.05, 4.69) is 24.3 Å². The molecule has 28 heavy (non-hydrogen) atoms. The fourth-order valence-corrected chi connectivity index (χ4v) is 3.70. The minimum Gasteiger partial charge on any atom is -0.490 e. The Bertz CT molecular complexity index is 788. The van der Waals surface area contributed by atoms with E-state index in [4.69, 9.17) is 14.6 Å². The Morgan fingerprint density at radius 2 is 1.96 bits per heavy atom. The molecule has 3 rings (SSSR count). The summed E-state index contributed by atoms with van der Waals surface area (Å²) in [6.07, 6.45) is 4.94. The van der Waals surface area contributed by atoms with E-state index in [1.54, 1.807) is 13.0 Å². The predicted molar refractivity (Wildman–Crippen MR) is 105 cm³/mol. The lowest BCUT2D eigenvalue weighted by molar-refractivity contribution is -0.142. The van der Waals surface area contributed by atoms with E-state index in [0.717, 1.165) is 31.2 Å². The highest BCUT2D eigenvalue weighted by Gasteiger charge is 2.24. The number of aliphatic carboxylic acids is 1. The molecule has 0 spiro atoms. The summed E-state index contributed by atoms with van der Waals surface area (Å²) in [5.74, 6) is -0.137. The van der Waals surface area contributed by atoms with Gasteiger partial charge in [-0.2, -0.15) is 0 Å². The van der Waals surface area contributed by atoms with Gasteiger partial charge in [0.2, 0.25) is 0 Å². The molecule has 1 aliphatic carbocycles. The SMILES string of the molecule is Cc1ccc(O[C@H]2CCC[C@@H](c3ccc(CCOCC(=O)O)cc3)C2)cc1F. The van der Waals surface area contributed by atoms with Gasteiger partial charge >= 0.3 is 5.97 Å². The van der Waals surface area contributed by atoms with Crippen molar-refractivity contribution in [2.75, 3.05) is 13.2 Å². The summed E-state index contributed by atoms with van der Waals surface area (Å²) in [6.45, 7) is 1.89. The summed E-state index contributed by atoms with van der Waals surface area (Å²) in [4.78, 5) is 10.4. The van der Waals surface area contributed by atoms with Gasteiger partial charge in [0.1, 0.15) is 18.2 Å². The third-order valence-electron chi connectivity index (χ3n) is 5.28. The van der Waals surface area contributed by atoms with Crippen molar-refractivity contribution in [1.82, 2.24) is 0 Å². The van der Waals surface area contributed by atoms with Crippen molar-refractivity contribution >= 4 is 5.97 Å². The molecule has 2 aromatic rings. The highest BCUT2D eigenvalue weighted by molar-refractivity contribution is 5.67. The molecule has 1 saturated carbocycles. The molecule has 4 nitrogen and oxygen atoms in total. The third kappa shape index (κ3) is 5.80. The number of ether oxygens (including phenoxy) is 2. The van der Waals surface area contributed by atoms with Crippen LogP contribution >= 0.6 is 0 Å². The van der Waals surface area contributed by atoms with Gasteiger partial charge in [-0.3, -0.25) is 0 Å². The van der Waals surface area contributed by atoms with Crippen LogP contribution in [-0.2, 0) is 16.0 Å². The second kappa shape index (κ2) is 9.69. The van der Waals surface area contributed by atoms with Gasteiger partial charge < -0.3 is 14.6 Å². The Kier molecular flexibility index (Phi) is 7.04. The maximum Gasteiger partial charge on any atom is 0.329 e. The minimum atomic E-state index is -0.946. The first kappa shape index (κ1) is 20.3. The summed E-state index contributed by atoms with van der Waals surface area (Å²) in [5.41, 5.74) is 3.05. The maximum absolute atomic E-state index is 13.7. The molecule has 0 radical (unpaired) electrons. The number of benzene rings is 2. The van der Waals surface area contributed by atoms with Gasteiger partial charge in [-0.15, -0.1) is 0 Å². The number of halogens is 1. The van der Waals surface area contributed by atoms with Crippen LogP contribution in [0.4, 0.5) is 4.39 Å². The predicted octanol–water partition coefficient (Wildman–Crippen LogP) is 4.88. The van der Waals surface area contributed by atoms with Crippen molar-refractivity contribution in [3.8, 4) is 5.75 Å². The summed E-state index contributed by atoms with van der Waals surface area (Å²) < 4.78 is 24.9. The molecule has 0 bridgehead atoms. The highest BCUT2D eigenvalue weighted by Crippen LogP contribution is 2.35. The number of carboxylic acid groups (broad SMARTS) is 1. The molecular formula is C23H27FO4. The fourth-order valence-electron chi connectivity index (χ4n) is 3.70. The summed E-state index contributed by atoms with van der Waals surface area (Å²) >= 11 is 0. The van der Waals surface area contributed by atoms with Crippen molar-refractivity contribution in [1.29, 1.82) is 0 Å². The Balaban J connectivity index is 1.53. The Hall–Kier alpha value is -2.40. The van der Waals surface area contributed by atoms with Crippen LogP contribution in [0.15, 0.2) is 42.5 Å². The van der Waals surface area contributed by atoms with E-state index >= 15 is 0 Å². The van der Waals surface area contributed by atoms with Crippen LogP contribution in [0, 0.1) is 12.7 Å². The number of carboxylic acids is 1. The summed E-state index contributed by atoms with van der Waals surface area (Å²) in [5, 5.41) is 8.58. The van der Waals surface area contributed by atoms with Crippen LogP contribution in [-0.4, -0.2) is 30.4 Å². The fraction of sp³-hybridized carbons (Fsp3) is 0.435.